The van der Waals surface area contributed by atoms with Crippen LogP contribution in [-0.2, 0) is 13.2 Å². The van der Waals surface area contributed by atoms with E-state index in [4.69, 9.17) is 9.47 Å². The van der Waals surface area contributed by atoms with Crippen LogP contribution in [0.1, 0.15) is 31.5 Å². The predicted molar refractivity (Wildman–Crippen MR) is 107 cm³/mol. The Bertz CT molecular complexity index is 919. The maximum Gasteiger partial charge on any atom is 0.263 e. The summed E-state index contributed by atoms with van der Waals surface area (Å²) < 4.78 is 11.0. The number of hydrogen-bond acceptors (Lipinski definition) is 5. The number of hydrogen-bond donors (Lipinski definition) is 1. The zero-order valence-electron chi connectivity index (χ0n) is 15.6. The normalized spacial score (nSPS) is 10.5. The lowest BCUT2D eigenvalue weighted by Crippen LogP contribution is -2.22. The van der Waals surface area contributed by atoms with Gasteiger partial charge in [0.25, 0.3) is 5.91 Å². The molecule has 0 saturated carbocycles. The van der Waals surface area contributed by atoms with Crippen molar-refractivity contribution in [1.82, 2.24) is 10.3 Å². The summed E-state index contributed by atoms with van der Waals surface area (Å²) >= 11 is 1.36. The van der Waals surface area contributed by atoms with E-state index in [1.807, 2.05) is 62.4 Å². The van der Waals surface area contributed by atoms with Crippen LogP contribution < -0.4 is 14.8 Å². The maximum absolute atomic E-state index is 12.5. The first-order valence-corrected chi connectivity index (χ1v) is 9.43. The fourth-order valence-corrected chi connectivity index (χ4v) is 3.44. The van der Waals surface area contributed by atoms with Crippen LogP contribution in [0.15, 0.2) is 48.5 Å². The van der Waals surface area contributed by atoms with Crippen molar-refractivity contribution in [2.45, 2.75) is 27.0 Å². The van der Waals surface area contributed by atoms with Crippen LogP contribution in [0.4, 0.5) is 0 Å². The second-order valence-electron chi connectivity index (χ2n) is 6.16. The Morgan fingerprint density at radius 1 is 1.11 bits per heavy atom. The van der Waals surface area contributed by atoms with Gasteiger partial charge in [0, 0.05) is 6.54 Å². The molecular weight excluding hydrogens is 360 g/mol. The van der Waals surface area contributed by atoms with E-state index in [0.29, 0.717) is 23.7 Å². The summed E-state index contributed by atoms with van der Waals surface area (Å²) in [5.74, 6) is 1.43. The molecule has 0 aliphatic rings. The van der Waals surface area contributed by atoms with Gasteiger partial charge in [-0.2, -0.15) is 0 Å². The van der Waals surface area contributed by atoms with E-state index in [1.165, 1.54) is 16.9 Å². The molecule has 0 unspecified atom stereocenters. The van der Waals surface area contributed by atoms with Crippen LogP contribution >= 0.6 is 11.3 Å². The third-order valence-electron chi connectivity index (χ3n) is 4.02. The van der Waals surface area contributed by atoms with Gasteiger partial charge in [-0.15, -0.1) is 11.3 Å². The highest BCUT2D eigenvalue weighted by molar-refractivity contribution is 7.13. The third-order valence-corrected chi connectivity index (χ3v) is 5.15. The number of carbonyl (C=O) groups is 1. The van der Waals surface area contributed by atoms with Gasteiger partial charge in [-0.1, -0.05) is 29.8 Å². The standard InChI is InChI=1S/C21H22N2O3S/c1-14-7-9-17(10-8-14)26-13-19-23-15(2)20(27-19)21(24)22-12-16-5-4-6-18(11-16)25-3/h4-11H,12-13H2,1-3H3,(H,22,24). The second-order valence-corrected chi connectivity index (χ2v) is 7.24. The van der Waals surface area contributed by atoms with Crippen LogP contribution in [0.3, 0.4) is 0 Å². The van der Waals surface area contributed by atoms with Crippen molar-refractivity contribution >= 4 is 17.2 Å². The van der Waals surface area contributed by atoms with Gasteiger partial charge in [0.05, 0.1) is 12.8 Å². The molecule has 0 aliphatic carbocycles. The minimum atomic E-state index is -0.130. The molecule has 140 valence electrons. The van der Waals surface area contributed by atoms with Crippen molar-refractivity contribution in [1.29, 1.82) is 0 Å². The molecule has 1 heterocycles. The monoisotopic (exact) mass is 382 g/mol. The number of amides is 1. The van der Waals surface area contributed by atoms with Crippen LogP contribution in [0.2, 0.25) is 0 Å². The zero-order chi connectivity index (χ0) is 19.2. The Kier molecular flexibility index (Phi) is 6.08. The first-order chi connectivity index (χ1) is 13.0. The molecule has 3 aromatic rings. The fourth-order valence-electron chi connectivity index (χ4n) is 2.55. The van der Waals surface area contributed by atoms with Crippen LogP contribution in [0.5, 0.6) is 11.5 Å². The van der Waals surface area contributed by atoms with E-state index in [1.54, 1.807) is 7.11 Å². The number of nitrogens with one attached hydrogen (secondary N) is 1. The van der Waals surface area contributed by atoms with Gasteiger partial charge in [0.1, 0.15) is 28.0 Å². The molecule has 5 nitrogen and oxygen atoms in total. The highest BCUT2D eigenvalue weighted by Gasteiger charge is 2.15. The molecule has 0 aliphatic heterocycles. The number of benzene rings is 2. The summed E-state index contributed by atoms with van der Waals surface area (Å²) in [5.41, 5.74) is 2.88. The smallest absolute Gasteiger partial charge is 0.263 e. The predicted octanol–water partition coefficient (Wildman–Crippen LogP) is 4.28. The van der Waals surface area contributed by atoms with Crippen LogP contribution in [-0.4, -0.2) is 18.0 Å². The highest BCUT2D eigenvalue weighted by Crippen LogP contribution is 2.21. The third kappa shape index (κ3) is 5.08. The van der Waals surface area contributed by atoms with E-state index in [9.17, 15) is 4.79 Å². The number of aromatic nitrogens is 1. The molecule has 0 saturated heterocycles. The van der Waals surface area contributed by atoms with Crippen molar-refractivity contribution < 1.29 is 14.3 Å². The largest absolute Gasteiger partial charge is 0.497 e. The lowest BCUT2D eigenvalue weighted by atomic mass is 10.2. The minimum absolute atomic E-state index is 0.130. The molecule has 0 radical (unpaired) electrons. The average Bonchev–Trinajstić information content (AvgIpc) is 3.06. The Morgan fingerprint density at radius 2 is 1.89 bits per heavy atom. The summed E-state index contributed by atoms with van der Waals surface area (Å²) in [6.45, 7) is 4.65. The van der Waals surface area contributed by atoms with Crippen molar-refractivity contribution in [3.8, 4) is 11.5 Å². The molecule has 3 rings (SSSR count). The molecule has 0 atom stereocenters. The first-order valence-electron chi connectivity index (χ1n) is 8.62. The van der Waals surface area contributed by atoms with Gasteiger partial charge in [-0.25, -0.2) is 4.98 Å². The molecule has 27 heavy (non-hydrogen) atoms. The van der Waals surface area contributed by atoms with Gasteiger partial charge in [-0.3, -0.25) is 4.79 Å². The number of aryl methyl sites for hydroxylation is 2. The summed E-state index contributed by atoms with van der Waals surface area (Å²) in [5, 5.41) is 3.71. The molecule has 2 aromatic carbocycles. The van der Waals surface area contributed by atoms with Crippen molar-refractivity contribution in [2.24, 2.45) is 0 Å². The van der Waals surface area contributed by atoms with E-state index in [-0.39, 0.29) is 5.91 Å². The Morgan fingerprint density at radius 3 is 2.63 bits per heavy atom. The molecule has 0 fully saturated rings. The van der Waals surface area contributed by atoms with E-state index >= 15 is 0 Å². The van der Waals surface area contributed by atoms with Gasteiger partial charge in [0.15, 0.2) is 0 Å². The van der Waals surface area contributed by atoms with Gasteiger partial charge in [0.2, 0.25) is 0 Å². The lowest BCUT2D eigenvalue weighted by molar-refractivity contribution is 0.0954. The summed E-state index contributed by atoms with van der Waals surface area (Å²) in [4.78, 5) is 17.6. The molecule has 0 bridgehead atoms. The number of methoxy groups -OCH3 is 1. The minimum Gasteiger partial charge on any atom is -0.497 e. The van der Waals surface area contributed by atoms with Crippen molar-refractivity contribution in [3.05, 3.63) is 75.2 Å². The molecule has 6 heteroatoms. The molecule has 0 spiro atoms. The average molecular weight is 382 g/mol. The SMILES string of the molecule is COc1cccc(CNC(=O)c2sc(COc3ccc(C)cc3)nc2C)c1. The second kappa shape index (κ2) is 8.68. The number of thiazole rings is 1. The van der Waals surface area contributed by atoms with E-state index < -0.39 is 0 Å². The lowest BCUT2D eigenvalue weighted by Gasteiger charge is -2.06. The fraction of sp³-hybridized carbons (Fsp3) is 0.238. The van der Waals surface area contributed by atoms with Gasteiger partial charge < -0.3 is 14.8 Å². The molecule has 1 amide bonds. The molecule has 1 aromatic heterocycles. The Hall–Kier alpha value is -2.86. The Labute approximate surface area is 163 Å². The van der Waals surface area contributed by atoms with E-state index in [0.717, 1.165) is 22.1 Å². The summed E-state index contributed by atoms with van der Waals surface area (Å²) in [6, 6.07) is 15.5. The summed E-state index contributed by atoms with van der Waals surface area (Å²) in [7, 11) is 1.62. The summed E-state index contributed by atoms with van der Waals surface area (Å²) in [6.07, 6.45) is 0. The zero-order valence-corrected chi connectivity index (χ0v) is 16.4. The van der Waals surface area contributed by atoms with Crippen molar-refractivity contribution in [2.75, 3.05) is 7.11 Å². The maximum atomic E-state index is 12.5. The Balaban J connectivity index is 1.59. The van der Waals surface area contributed by atoms with Gasteiger partial charge >= 0.3 is 0 Å². The van der Waals surface area contributed by atoms with Crippen molar-refractivity contribution in [3.63, 3.8) is 0 Å². The molecule has 1 N–H and O–H groups in total. The van der Waals surface area contributed by atoms with Crippen LogP contribution in [0, 0.1) is 13.8 Å². The van der Waals surface area contributed by atoms with Gasteiger partial charge in [-0.05, 0) is 43.7 Å². The van der Waals surface area contributed by atoms with Crippen LogP contribution in [0.25, 0.3) is 0 Å². The topological polar surface area (TPSA) is 60.5 Å². The van der Waals surface area contributed by atoms with E-state index in [2.05, 4.69) is 10.3 Å². The number of nitrogens with zero attached hydrogens (tertiary/aromatic N) is 1. The quantitative estimate of drug-likeness (QED) is 0.663. The number of rotatable bonds is 7. The number of carbonyl (C=O) groups excluding carboxylic acids is 1. The molecular formula is C21H22N2O3S. The number of ether oxygens (including phenoxy) is 2. The highest BCUT2D eigenvalue weighted by atomic mass is 32.1. The first kappa shape index (κ1) is 18.9.